The summed E-state index contributed by atoms with van der Waals surface area (Å²) in [6.45, 7) is 3.60. The Hall–Kier alpha value is -3.85. The van der Waals surface area contributed by atoms with Crippen molar-refractivity contribution in [3.05, 3.63) is 134 Å². The number of nitrogens with two attached hydrogens (primary N) is 1. The van der Waals surface area contributed by atoms with E-state index in [1.807, 2.05) is 0 Å². The number of esters is 2. The smallest absolute Gasteiger partial charge is 0.462 e. The van der Waals surface area contributed by atoms with Gasteiger partial charge in [-0.15, -0.1) is 0 Å². The largest absolute Gasteiger partial charge is 0.472 e. The molecule has 0 fully saturated rings. The summed E-state index contributed by atoms with van der Waals surface area (Å²) in [5.41, 5.74) is 5.39. The zero-order chi connectivity index (χ0) is 58.7. The number of unbranched alkanes of at least 4 members (excludes halogenated alkanes) is 25. The van der Waals surface area contributed by atoms with Crippen LogP contribution in [0.5, 0.6) is 0 Å². The highest BCUT2D eigenvalue weighted by atomic mass is 31.2. The van der Waals surface area contributed by atoms with Crippen molar-refractivity contribution >= 4 is 19.8 Å². The molecular weight excluding hydrogens is 1030 g/mol. The molecule has 0 aliphatic heterocycles. The van der Waals surface area contributed by atoms with Gasteiger partial charge in [-0.3, -0.25) is 18.6 Å². The summed E-state index contributed by atoms with van der Waals surface area (Å²) < 4.78 is 33.1. The third kappa shape index (κ3) is 65.2. The number of allylic oxidation sites excluding steroid dienone is 22. The van der Waals surface area contributed by atoms with Gasteiger partial charge in [0.25, 0.3) is 0 Å². The predicted molar refractivity (Wildman–Crippen MR) is 348 cm³/mol. The van der Waals surface area contributed by atoms with Crippen molar-refractivity contribution in [1.82, 2.24) is 0 Å². The molecule has 462 valence electrons. The first-order chi connectivity index (χ1) is 39.8. The van der Waals surface area contributed by atoms with E-state index in [0.717, 1.165) is 122 Å². The summed E-state index contributed by atoms with van der Waals surface area (Å²) >= 11 is 0. The third-order valence-corrected chi connectivity index (χ3v) is 14.5. The van der Waals surface area contributed by atoms with Gasteiger partial charge in [-0.25, -0.2) is 4.57 Å². The predicted octanol–water partition coefficient (Wildman–Crippen LogP) is 21.3. The van der Waals surface area contributed by atoms with Crippen LogP contribution in [0.3, 0.4) is 0 Å². The van der Waals surface area contributed by atoms with E-state index in [1.165, 1.54) is 116 Å². The molecule has 2 unspecified atom stereocenters. The van der Waals surface area contributed by atoms with Crippen LogP contribution in [0.1, 0.15) is 271 Å². The minimum Gasteiger partial charge on any atom is -0.462 e. The lowest BCUT2D eigenvalue weighted by Crippen LogP contribution is -2.29. The third-order valence-electron chi connectivity index (χ3n) is 13.5. The number of carbonyl (C=O) groups is 2. The van der Waals surface area contributed by atoms with Crippen LogP contribution in [-0.4, -0.2) is 49.3 Å². The van der Waals surface area contributed by atoms with Crippen molar-refractivity contribution in [2.24, 2.45) is 5.73 Å². The average Bonchev–Trinajstić information content (AvgIpc) is 3.46. The molecule has 0 rings (SSSR count). The van der Waals surface area contributed by atoms with Crippen molar-refractivity contribution in [1.29, 1.82) is 0 Å². The molecule has 0 heterocycles. The lowest BCUT2D eigenvalue weighted by Gasteiger charge is -2.19. The highest BCUT2D eigenvalue weighted by molar-refractivity contribution is 7.47. The van der Waals surface area contributed by atoms with E-state index in [1.54, 1.807) is 0 Å². The fraction of sp³-hybridized carbons (Fsp3) is 0.662. The Bertz CT molecular complexity index is 1790. The number of hydrogen-bond donors (Lipinski definition) is 2. The molecule has 9 nitrogen and oxygen atoms in total. The van der Waals surface area contributed by atoms with E-state index in [4.69, 9.17) is 24.3 Å². The van der Waals surface area contributed by atoms with Crippen LogP contribution in [0, 0.1) is 0 Å². The van der Waals surface area contributed by atoms with Gasteiger partial charge >= 0.3 is 19.8 Å². The van der Waals surface area contributed by atoms with Crippen LogP contribution in [0.4, 0.5) is 0 Å². The van der Waals surface area contributed by atoms with Gasteiger partial charge in [-0.05, 0) is 116 Å². The minimum atomic E-state index is -4.41. The van der Waals surface area contributed by atoms with Crippen molar-refractivity contribution < 1.29 is 37.6 Å². The molecule has 0 amide bonds. The molecule has 2 atom stereocenters. The van der Waals surface area contributed by atoms with Crippen LogP contribution in [-0.2, 0) is 32.7 Å². The number of carbonyl (C=O) groups excluding carboxylic acids is 2. The molecule has 0 aromatic heterocycles. The van der Waals surface area contributed by atoms with Gasteiger partial charge < -0.3 is 20.1 Å². The van der Waals surface area contributed by atoms with Crippen LogP contribution >= 0.6 is 7.82 Å². The van der Waals surface area contributed by atoms with Crippen LogP contribution in [0.15, 0.2) is 134 Å². The molecule has 0 radical (unpaired) electrons. The second-order valence-corrected chi connectivity index (χ2v) is 22.7. The van der Waals surface area contributed by atoms with E-state index >= 15 is 0 Å². The Labute approximate surface area is 497 Å². The Morgan fingerprint density at radius 2 is 0.679 bits per heavy atom. The number of phosphoric ester groups is 1. The molecule has 0 aliphatic carbocycles. The molecule has 0 aromatic rings. The summed E-state index contributed by atoms with van der Waals surface area (Å²) in [6, 6.07) is 0. The van der Waals surface area contributed by atoms with Crippen molar-refractivity contribution in [2.75, 3.05) is 26.4 Å². The van der Waals surface area contributed by atoms with Gasteiger partial charge in [0.2, 0.25) is 0 Å². The number of rotatable bonds is 60. The fourth-order valence-electron chi connectivity index (χ4n) is 8.72. The molecule has 0 saturated carbocycles. The normalized spacial score (nSPS) is 13.9. The van der Waals surface area contributed by atoms with E-state index in [9.17, 15) is 19.0 Å². The zero-order valence-electron chi connectivity index (χ0n) is 51.7. The minimum absolute atomic E-state index is 0.0441. The topological polar surface area (TPSA) is 134 Å². The van der Waals surface area contributed by atoms with Crippen LogP contribution in [0.25, 0.3) is 0 Å². The monoisotopic (exact) mass is 1150 g/mol. The molecule has 0 bridgehead atoms. The van der Waals surface area contributed by atoms with Gasteiger partial charge in [0, 0.05) is 19.4 Å². The Balaban J connectivity index is 4.01. The molecule has 0 aliphatic rings. The number of hydrogen-bond acceptors (Lipinski definition) is 8. The van der Waals surface area contributed by atoms with Crippen molar-refractivity contribution in [3.63, 3.8) is 0 Å². The van der Waals surface area contributed by atoms with E-state index in [0.29, 0.717) is 6.42 Å². The maximum Gasteiger partial charge on any atom is 0.472 e. The molecule has 10 heteroatoms. The zero-order valence-corrected chi connectivity index (χ0v) is 52.6. The van der Waals surface area contributed by atoms with Crippen molar-refractivity contribution in [2.45, 2.75) is 277 Å². The van der Waals surface area contributed by atoms with E-state index in [-0.39, 0.29) is 38.6 Å². The fourth-order valence-corrected chi connectivity index (χ4v) is 9.48. The molecular formula is C71H120NO8P. The summed E-state index contributed by atoms with van der Waals surface area (Å²) in [5, 5.41) is 0. The van der Waals surface area contributed by atoms with E-state index in [2.05, 4.69) is 148 Å². The maximum absolute atomic E-state index is 12.7. The van der Waals surface area contributed by atoms with E-state index < -0.39 is 26.5 Å². The quantitative estimate of drug-likeness (QED) is 0.0264. The van der Waals surface area contributed by atoms with Gasteiger partial charge in [0.1, 0.15) is 6.61 Å². The van der Waals surface area contributed by atoms with Crippen LogP contribution in [0.2, 0.25) is 0 Å². The second-order valence-electron chi connectivity index (χ2n) is 21.2. The summed E-state index contributed by atoms with van der Waals surface area (Å²) in [6.07, 6.45) is 92.3. The maximum atomic E-state index is 12.7. The summed E-state index contributed by atoms with van der Waals surface area (Å²) in [5.74, 6) is -0.849. The molecule has 0 aromatic carbocycles. The highest BCUT2D eigenvalue weighted by Gasteiger charge is 2.26. The molecule has 0 spiro atoms. The highest BCUT2D eigenvalue weighted by Crippen LogP contribution is 2.43. The lowest BCUT2D eigenvalue weighted by atomic mass is 10.0. The first kappa shape index (κ1) is 77.2. The second kappa shape index (κ2) is 65.3. The van der Waals surface area contributed by atoms with Gasteiger partial charge in [-0.1, -0.05) is 276 Å². The Kier molecular flexibility index (Phi) is 62.2. The first-order valence-corrected chi connectivity index (χ1v) is 34.2. The lowest BCUT2D eigenvalue weighted by molar-refractivity contribution is -0.161. The first-order valence-electron chi connectivity index (χ1n) is 32.7. The van der Waals surface area contributed by atoms with Gasteiger partial charge in [-0.2, -0.15) is 0 Å². The number of phosphoric acid groups is 1. The molecule has 81 heavy (non-hydrogen) atoms. The standard InChI is InChI=1S/C71H120NO8P/c1-3-5-7-9-11-13-15-17-19-21-23-25-27-29-31-33-34-36-38-40-42-44-46-48-50-52-54-56-58-60-62-64-71(74)80-69(68-79-81(75,76)78-66-65-72)67-77-70(73)63-61-59-57-55-53-51-49-47-45-43-41-39-37-35-32-30-28-26-24-22-20-18-16-14-12-10-8-6-4-2/h5,7,11,13,16-19,22-25,28-31,34,36,40,42,46,48,69H,3-4,6,8-10,12,14-15,20-21,26-27,32-33,35,37-39,41,43-45,47,49-68,72H2,1-2H3,(H,75,76)/b7-5-,13-11-,18-16-,19-17-,24-22-,25-23-,30-28-,31-29-,36-34-,42-40-,48-46-. The van der Waals surface area contributed by atoms with Crippen molar-refractivity contribution in [3.8, 4) is 0 Å². The molecule has 0 saturated heterocycles. The molecule has 3 N–H and O–H groups in total. The average molecular weight is 1150 g/mol. The number of ether oxygens (including phenoxy) is 2. The summed E-state index contributed by atoms with van der Waals surface area (Å²) in [4.78, 5) is 35.3. The van der Waals surface area contributed by atoms with Crippen LogP contribution < -0.4 is 5.73 Å². The SMILES string of the molecule is CC/C=C\C/C=C\C/C=C\C/C=C\C/C=C\C/C=C\C/C=C\C/C=C\CCCCCCCCC(=O)OC(COC(=O)CCCCCCCCCCCCCCCC/C=C\C/C=C\C/C=C\CCCCCCC)COP(=O)(O)OCCN. The van der Waals surface area contributed by atoms with Gasteiger partial charge in [0.15, 0.2) is 6.10 Å². The Morgan fingerprint density at radius 3 is 1.01 bits per heavy atom. The summed E-state index contributed by atoms with van der Waals surface area (Å²) in [7, 11) is -4.41. The Morgan fingerprint density at radius 1 is 0.383 bits per heavy atom. The van der Waals surface area contributed by atoms with Gasteiger partial charge in [0.05, 0.1) is 13.2 Å².